The van der Waals surface area contributed by atoms with Gasteiger partial charge in [0.1, 0.15) is 5.82 Å². The van der Waals surface area contributed by atoms with Gasteiger partial charge in [0.2, 0.25) is 17.6 Å². The second-order valence-corrected chi connectivity index (χ2v) is 6.66. The lowest BCUT2D eigenvalue weighted by Gasteiger charge is -2.19. The molecule has 0 bridgehead atoms. The summed E-state index contributed by atoms with van der Waals surface area (Å²) in [5, 5.41) is 3.98. The zero-order valence-electron chi connectivity index (χ0n) is 14.6. The fourth-order valence-corrected chi connectivity index (χ4v) is 3.23. The summed E-state index contributed by atoms with van der Waals surface area (Å²) in [6.07, 6.45) is 0.332. The number of nitrogens with zero attached hydrogens (tertiary/aromatic N) is 3. The third kappa shape index (κ3) is 2.98. The molecule has 6 heteroatoms. The normalized spacial score (nSPS) is 17.1. The maximum atomic E-state index is 13.1. The first-order valence-corrected chi connectivity index (χ1v) is 8.48. The van der Waals surface area contributed by atoms with E-state index in [1.807, 2.05) is 32.0 Å². The predicted molar refractivity (Wildman–Crippen MR) is 95.3 cm³/mol. The number of anilines is 1. The van der Waals surface area contributed by atoms with Crippen LogP contribution in [0.1, 0.15) is 29.4 Å². The highest BCUT2D eigenvalue weighted by Crippen LogP contribution is 2.33. The average molecular weight is 351 g/mol. The van der Waals surface area contributed by atoms with Crippen molar-refractivity contribution < 1.29 is 13.7 Å². The van der Waals surface area contributed by atoms with E-state index in [2.05, 4.69) is 10.1 Å². The molecule has 0 saturated carbocycles. The van der Waals surface area contributed by atoms with Crippen molar-refractivity contribution >= 4 is 11.6 Å². The lowest BCUT2D eigenvalue weighted by Crippen LogP contribution is -2.25. The third-order valence-electron chi connectivity index (χ3n) is 4.67. The number of amides is 1. The number of hydrogen-bond donors (Lipinski definition) is 0. The molecule has 1 saturated heterocycles. The summed E-state index contributed by atoms with van der Waals surface area (Å²) in [4.78, 5) is 18.7. The Morgan fingerprint density at radius 3 is 2.69 bits per heavy atom. The van der Waals surface area contributed by atoms with Gasteiger partial charge in [-0.15, -0.1) is 0 Å². The predicted octanol–water partition coefficient (Wildman–Crippen LogP) is 4.01. The highest BCUT2D eigenvalue weighted by Gasteiger charge is 2.35. The van der Waals surface area contributed by atoms with Crippen LogP contribution in [0.5, 0.6) is 0 Å². The maximum absolute atomic E-state index is 13.1. The number of aromatic nitrogens is 2. The zero-order chi connectivity index (χ0) is 18.3. The summed E-state index contributed by atoms with van der Waals surface area (Å²) in [6, 6.07) is 12.0. The van der Waals surface area contributed by atoms with Gasteiger partial charge in [-0.1, -0.05) is 17.3 Å². The third-order valence-corrected chi connectivity index (χ3v) is 4.67. The first kappa shape index (κ1) is 16.4. The van der Waals surface area contributed by atoms with Crippen LogP contribution in [0.4, 0.5) is 10.1 Å². The van der Waals surface area contributed by atoms with E-state index in [0.717, 1.165) is 16.8 Å². The number of rotatable bonds is 3. The molecular weight excluding hydrogens is 333 g/mol. The number of halogens is 1. The molecule has 4 rings (SSSR count). The molecule has 1 aromatic heterocycles. The highest BCUT2D eigenvalue weighted by molar-refractivity contribution is 5.97. The molecule has 0 N–H and O–H groups in total. The van der Waals surface area contributed by atoms with Crippen LogP contribution in [0.3, 0.4) is 0 Å². The van der Waals surface area contributed by atoms with Gasteiger partial charge in [0.25, 0.3) is 0 Å². The second kappa shape index (κ2) is 6.37. The molecule has 1 aliphatic rings. The molecule has 1 atom stereocenters. The highest BCUT2D eigenvalue weighted by atomic mass is 19.1. The first-order chi connectivity index (χ1) is 12.5. The van der Waals surface area contributed by atoms with Crippen molar-refractivity contribution in [1.82, 2.24) is 10.1 Å². The van der Waals surface area contributed by atoms with E-state index in [-0.39, 0.29) is 17.6 Å². The molecule has 1 amide bonds. The Bertz CT molecular complexity index is 965. The number of carbonyl (C=O) groups excluding carboxylic acids is 1. The van der Waals surface area contributed by atoms with E-state index in [4.69, 9.17) is 4.52 Å². The molecule has 1 aliphatic heterocycles. The topological polar surface area (TPSA) is 59.2 Å². The Balaban J connectivity index is 1.58. The van der Waals surface area contributed by atoms with Crippen molar-refractivity contribution in [3.05, 3.63) is 65.3 Å². The molecule has 5 nitrogen and oxygen atoms in total. The van der Waals surface area contributed by atoms with E-state index in [0.29, 0.717) is 30.2 Å². The average Bonchev–Trinajstić information content (AvgIpc) is 3.25. The smallest absolute Gasteiger partial charge is 0.232 e. The van der Waals surface area contributed by atoms with Gasteiger partial charge in [-0.05, 0) is 55.3 Å². The van der Waals surface area contributed by atoms with E-state index >= 15 is 0 Å². The molecule has 2 heterocycles. The van der Waals surface area contributed by atoms with Crippen LogP contribution in [-0.4, -0.2) is 22.6 Å². The van der Waals surface area contributed by atoms with Crippen molar-refractivity contribution in [1.29, 1.82) is 0 Å². The van der Waals surface area contributed by atoms with E-state index in [1.54, 1.807) is 17.0 Å². The van der Waals surface area contributed by atoms with Crippen LogP contribution in [0.2, 0.25) is 0 Å². The van der Waals surface area contributed by atoms with Crippen LogP contribution < -0.4 is 4.90 Å². The minimum atomic E-state index is -0.317. The molecule has 1 fully saturated rings. The van der Waals surface area contributed by atoms with Crippen molar-refractivity contribution in [3.8, 4) is 11.4 Å². The number of aryl methyl sites for hydroxylation is 2. The van der Waals surface area contributed by atoms with E-state index < -0.39 is 0 Å². The number of benzene rings is 2. The molecule has 0 aliphatic carbocycles. The lowest BCUT2D eigenvalue weighted by atomic mass is 10.1. The minimum Gasteiger partial charge on any atom is -0.339 e. The first-order valence-electron chi connectivity index (χ1n) is 8.48. The quantitative estimate of drug-likeness (QED) is 0.715. The van der Waals surface area contributed by atoms with Gasteiger partial charge in [0, 0.05) is 24.2 Å². The van der Waals surface area contributed by atoms with Gasteiger partial charge < -0.3 is 9.42 Å². The zero-order valence-corrected chi connectivity index (χ0v) is 14.6. The van der Waals surface area contributed by atoms with Gasteiger partial charge in [-0.2, -0.15) is 4.98 Å². The van der Waals surface area contributed by atoms with E-state index in [9.17, 15) is 9.18 Å². The number of carbonyl (C=O) groups is 1. The molecular formula is C20H18FN3O2. The fraction of sp³-hybridized carbons (Fsp3) is 0.250. The maximum Gasteiger partial charge on any atom is 0.232 e. The molecule has 1 unspecified atom stereocenters. The van der Waals surface area contributed by atoms with Gasteiger partial charge in [0.15, 0.2) is 0 Å². The summed E-state index contributed by atoms with van der Waals surface area (Å²) >= 11 is 0. The van der Waals surface area contributed by atoms with Gasteiger partial charge in [-0.25, -0.2) is 4.39 Å². The van der Waals surface area contributed by atoms with Crippen LogP contribution in [0.15, 0.2) is 47.0 Å². The largest absolute Gasteiger partial charge is 0.339 e. The number of hydrogen-bond acceptors (Lipinski definition) is 4. The summed E-state index contributed by atoms with van der Waals surface area (Å²) in [5.74, 6) is 0.417. The summed E-state index contributed by atoms with van der Waals surface area (Å²) in [5.41, 5.74) is 3.77. The SMILES string of the molecule is Cc1ccc(C)c(N2CC(c3nc(-c4ccc(F)cc4)no3)CC2=O)c1. The molecule has 2 aromatic carbocycles. The van der Waals surface area contributed by atoms with Crippen molar-refractivity contribution in [2.75, 3.05) is 11.4 Å². The molecule has 0 radical (unpaired) electrons. The van der Waals surface area contributed by atoms with Crippen LogP contribution >= 0.6 is 0 Å². The molecule has 132 valence electrons. The van der Waals surface area contributed by atoms with Crippen LogP contribution in [0.25, 0.3) is 11.4 Å². The molecule has 3 aromatic rings. The van der Waals surface area contributed by atoms with Crippen molar-refractivity contribution in [3.63, 3.8) is 0 Å². The molecule has 0 spiro atoms. The van der Waals surface area contributed by atoms with Crippen LogP contribution in [-0.2, 0) is 4.79 Å². The Hall–Kier alpha value is -3.02. The second-order valence-electron chi connectivity index (χ2n) is 6.66. The van der Waals surface area contributed by atoms with Gasteiger partial charge in [0.05, 0.1) is 5.92 Å². The lowest BCUT2D eigenvalue weighted by molar-refractivity contribution is -0.117. The Morgan fingerprint density at radius 2 is 1.92 bits per heavy atom. The van der Waals surface area contributed by atoms with Gasteiger partial charge in [-0.3, -0.25) is 4.79 Å². The fourth-order valence-electron chi connectivity index (χ4n) is 3.23. The summed E-state index contributed by atoms with van der Waals surface area (Å²) in [7, 11) is 0. The monoisotopic (exact) mass is 351 g/mol. The summed E-state index contributed by atoms with van der Waals surface area (Å²) in [6.45, 7) is 4.51. The van der Waals surface area contributed by atoms with Crippen LogP contribution in [0, 0.1) is 19.7 Å². The molecule has 26 heavy (non-hydrogen) atoms. The van der Waals surface area contributed by atoms with Gasteiger partial charge >= 0.3 is 0 Å². The minimum absolute atomic E-state index is 0.0465. The Kier molecular flexibility index (Phi) is 4.03. The Morgan fingerprint density at radius 1 is 1.15 bits per heavy atom. The van der Waals surface area contributed by atoms with Crippen molar-refractivity contribution in [2.24, 2.45) is 0 Å². The standard InChI is InChI=1S/C20H18FN3O2/c1-12-3-4-13(2)17(9-12)24-11-15(10-18(24)25)20-22-19(23-26-20)14-5-7-16(21)8-6-14/h3-9,15H,10-11H2,1-2H3. The summed E-state index contributed by atoms with van der Waals surface area (Å²) < 4.78 is 18.4. The van der Waals surface area contributed by atoms with Crippen molar-refractivity contribution in [2.45, 2.75) is 26.2 Å². The Labute approximate surface area is 150 Å². The van der Waals surface area contributed by atoms with E-state index in [1.165, 1.54) is 12.1 Å².